The maximum Gasteiger partial charge on any atom is 0.251 e. The van der Waals surface area contributed by atoms with Gasteiger partial charge in [0.05, 0.1) is 22.0 Å². The number of rotatable bonds is 7. The molecule has 0 radical (unpaired) electrons. The minimum Gasteiger partial charge on any atom is -0.354 e. The molecule has 0 saturated carbocycles. The Balaban J connectivity index is 1.42. The molecule has 1 aliphatic heterocycles. The van der Waals surface area contributed by atoms with E-state index in [1.807, 2.05) is 18.2 Å². The maximum absolute atomic E-state index is 12.7. The van der Waals surface area contributed by atoms with E-state index in [2.05, 4.69) is 42.7 Å². The van der Waals surface area contributed by atoms with Gasteiger partial charge in [-0.25, -0.2) is 8.42 Å². The van der Waals surface area contributed by atoms with Gasteiger partial charge in [0.25, 0.3) is 5.91 Å². The highest BCUT2D eigenvalue weighted by Crippen LogP contribution is 2.44. The number of carbonyl (C=O) groups is 1. The standard InChI is InChI=1S/C26H28N2O3S2/c1-4-33(30,31)21-9-5-18(6-10-21)16-27-26(29)20-8-12-24-23(15-20)28-22-11-7-19(13-17(2)3)14-25(22)32-24/h5-12,14-15,17,28H,4,13,16H2,1-3H3,(H,27,29). The Morgan fingerprint density at radius 2 is 1.67 bits per heavy atom. The number of benzene rings is 3. The molecule has 0 saturated heterocycles. The van der Waals surface area contributed by atoms with E-state index < -0.39 is 9.84 Å². The van der Waals surface area contributed by atoms with Gasteiger partial charge in [-0.05, 0) is 65.9 Å². The number of carbonyl (C=O) groups excluding carboxylic acids is 1. The van der Waals surface area contributed by atoms with Crippen LogP contribution in [-0.4, -0.2) is 20.1 Å². The lowest BCUT2D eigenvalue weighted by Gasteiger charge is -2.22. The second kappa shape index (κ2) is 9.61. The van der Waals surface area contributed by atoms with Crippen LogP contribution in [0.5, 0.6) is 0 Å². The van der Waals surface area contributed by atoms with Gasteiger partial charge >= 0.3 is 0 Å². The number of hydrogen-bond acceptors (Lipinski definition) is 5. The molecule has 0 aliphatic carbocycles. The summed E-state index contributed by atoms with van der Waals surface area (Å²) in [6, 6.07) is 18.8. The SMILES string of the molecule is CCS(=O)(=O)c1ccc(CNC(=O)c2ccc3c(c2)Nc2ccc(CC(C)C)cc2S3)cc1. The van der Waals surface area contributed by atoms with Crippen LogP contribution in [-0.2, 0) is 22.8 Å². The van der Waals surface area contributed by atoms with Crippen LogP contribution >= 0.6 is 11.8 Å². The summed E-state index contributed by atoms with van der Waals surface area (Å²) in [7, 11) is -3.22. The normalized spacial score (nSPS) is 12.6. The second-order valence-electron chi connectivity index (χ2n) is 8.60. The molecule has 3 aromatic rings. The van der Waals surface area contributed by atoms with Gasteiger partial charge in [0.15, 0.2) is 9.84 Å². The average Bonchev–Trinajstić information content (AvgIpc) is 2.80. The maximum atomic E-state index is 12.7. The summed E-state index contributed by atoms with van der Waals surface area (Å²) in [5.41, 5.74) is 4.73. The van der Waals surface area contributed by atoms with Crippen LogP contribution in [0.25, 0.3) is 0 Å². The number of nitrogens with one attached hydrogen (secondary N) is 2. The van der Waals surface area contributed by atoms with Crippen molar-refractivity contribution in [1.29, 1.82) is 0 Å². The molecule has 2 N–H and O–H groups in total. The van der Waals surface area contributed by atoms with E-state index in [0.717, 1.165) is 28.3 Å². The largest absolute Gasteiger partial charge is 0.354 e. The number of anilines is 2. The smallest absolute Gasteiger partial charge is 0.251 e. The molecule has 3 aromatic carbocycles. The highest BCUT2D eigenvalue weighted by atomic mass is 32.2. The molecule has 0 bridgehead atoms. The summed E-state index contributed by atoms with van der Waals surface area (Å²) in [5.74, 6) is 0.505. The van der Waals surface area contributed by atoms with Crippen molar-refractivity contribution in [3.8, 4) is 0 Å². The van der Waals surface area contributed by atoms with Gasteiger partial charge in [-0.2, -0.15) is 0 Å². The minimum absolute atomic E-state index is 0.0668. The molecule has 172 valence electrons. The Hall–Kier alpha value is -2.77. The topological polar surface area (TPSA) is 75.3 Å². The molecule has 1 heterocycles. The molecular weight excluding hydrogens is 452 g/mol. The lowest BCUT2D eigenvalue weighted by molar-refractivity contribution is 0.0951. The van der Waals surface area contributed by atoms with Gasteiger partial charge in [0, 0.05) is 21.9 Å². The van der Waals surface area contributed by atoms with Crippen LogP contribution < -0.4 is 10.6 Å². The molecule has 0 aromatic heterocycles. The summed E-state index contributed by atoms with van der Waals surface area (Å²) in [6.45, 7) is 6.39. The first kappa shape index (κ1) is 23.4. The molecule has 0 atom stereocenters. The molecular formula is C26H28N2O3S2. The van der Waals surface area contributed by atoms with Crippen molar-refractivity contribution in [2.75, 3.05) is 11.1 Å². The zero-order valence-corrected chi connectivity index (χ0v) is 20.6. The van der Waals surface area contributed by atoms with E-state index in [9.17, 15) is 13.2 Å². The van der Waals surface area contributed by atoms with Crippen molar-refractivity contribution < 1.29 is 13.2 Å². The van der Waals surface area contributed by atoms with Gasteiger partial charge in [0.2, 0.25) is 0 Å². The highest BCUT2D eigenvalue weighted by Gasteiger charge is 2.18. The predicted molar refractivity (Wildman–Crippen MR) is 134 cm³/mol. The fourth-order valence-electron chi connectivity index (χ4n) is 3.74. The van der Waals surface area contributed by atoms with E-state index in [1.165, 1.54) is 10.5 Å². The summed E-state index contributed by atoms with van der Waals surface area (Å²) in [4.78, 5) is 15.3. The van der Waals surface area contributed by atoms with Crippen LogP contribution in [0.1, 0.15) is 42.3 Å². The predicted octanol–water partition coefficient (Wildman–Crippen LogP) is 5.82. The molecule has 0 unspecified atom stereocenters. The van der Waals surface area contributed by atoms with Crippen molar-refractivity contribution in [3.05, 3.63) is 77.4 Å². The minimum atomic E-state index is -3.22. The number of hydrogen-bond donors (Lipinski definition) is 2. The third kappa shape index (κ3) is 5.42. The Morgan fingerprint density at radius 3 is 2.36 bits per heavy atom. The van der Waals surface area contributed by atoms with E-state index in [-0.39, 0.29) is 11.7 Å². The summed E-state index contributed by atoms with van der Waals surface area (Å²) >= 11 is 1.72. The van der Waals surface area contributed by atoms with Gasteiger partial charge in [-0.3, -0.25) is 4.79 Å². The quantitative estimate of drug-likeness (QED) is 0.349. The molecule has 1 amide bonds. The van der Waals surface area contributed by atoms with Gasteiger partial charge in [-0.1, -0.05) is 50.7 Å². The second-order valence-corrected chi connectivity index (χ2v) is 12.0. The van der Waals surface area contributed by atoms with E-state index in [1.54, 1.807) is 43.0 Å². The van der Waals surface area contributed by atoms with Gasteiger partial charge < -0.3 is 10.6 Å². The van der Waals surface area contributed by atoms with Gasteiger partial charge in [-0.15, -0.1) is 0 Å². The van der Waals surface area contributed by atoms with Crippen molar-refractivity contribution in [2.24, 2.45) is 5.92 Å². The molecule has 0 spiro atoms. The third-order valence-corrected chi connectivity index (χ3v) is 8.42. The van der Waals surface area contributed by atoms with Crippen LogP contribution in [0.4, 0.5) is 11.4 Å². The van der Waals surface area contributed by atoms with Crippen LogP contribution in [0.15, 0.2) is 75.4 Å². The fraction of sp³-hybridized carbons (Fsp3) is 0.269. The summed E-state index contributed by atoms with van der Waals surface area (Å²) < 4.78 is 23.9. The first-order chi connectivity index (χ1) is 15.7. The molecule has 33 heavy (non-hydrogen) atoms. The van der Waals surface area contributed by atoms with E-state index in [0.29, 0.717) is 22.9 Å². The van der Waals surface area contributed by atoms with Crippen LogP contribution in [0.3, 0.4) is 0 Å². The molecule has 5 nitrogen and oxygen atoms in total. The Bertz CT molecular complexity index is 1280. The monoisotopic (exact) mass is 480 g/mol. The lowest BCUT2D eigenvalue weighted by atomic mass is 10.0. The zero-order valence-electron chi connectivity index (χ0n) is 19.0. The first-order valence-electron chi connectivity index (χ1n) is 11.1. The van der Waals surface area contributed by atoms with Gasteiger partial charge in [0.1, 0.15) is 0 Å². The Kier molecular flexibility index (Phi) is 6.81. The van der Waals surface area contributed by atoms with Crippen molar-refractivity contribution in [1.82, 2.24) is 5.32 Å². The Labute approximate surface area is 199 Å². The molecule has 7 heteroatoms. The Morgan fingerprint density at radius 1 is 0.939 bits per heavy atom. The average molecular weight is 481 g/mol. The fourth-order valence-corrected chi connectivity index (χ4v) is 5.66. The molecule has 1 aliphatic rings. The van der Waals surface area contributed by atoms with Crippen molar-refractivity contribution >= 4 is 38.9 Å². The highest BCUT2D eigenvalue weighted by molar-refractivity contribution is 7.99. The van der Waals surface area contributed by atoms with Crippen LogP contribution in [0.2, 0.25) is 0 Å². The van der Waals surface area contributed by atoms with Crippen molar-refractivity contribution in [3.63, 3.8) is 0 Å². The van der Waals surface area contributed by atoms with E-state index >= 15 is 0 Å². The third-order valence-electron chi connectivity index (χ3n) is 5.54. The number of fused-ring (bicyclic) bond motifs is 2. The zero-order chi connectivity index (χ0) is 23.6. The summed E-state index contributed by atoms with van der Waals surface area (Å²) in [5, 5.41) is 6.37. The van der Waals surface area contributed by atoms with Crippen molar-refractivity contribution in [2.45, 2.75) is 48.4 Å². The first-order valence-corrected chi connectivity index (χ1v) is 13.5. The summed E-state index contributed by atoms with van der Waals surface area (Å²) in [6.07, 6.45) is 1.05. The van der Waals surface area contributed by atoms with Crippen LogP contribution in [0, 0.1) is 5.92 Å². The number of amides is 1. The van der Waals surface area contributed by atoms with E-state index in [4.69, 9.17) is 0 Å². The lowest BCUT2D eigenvalue weighted by Crippen LogP contribution is -2.23. The number of sulfone groups is 1. The molecule has 0 fully saturated rings. The molecule has 4 rings (SSSR count).